The highest BCUT2D eigenvalue weighted by Crippen LogP contribution is 2.24. The van der Waals surface area contributed by atoms with Crippen molar-refractivity contribution >= 4 is 17.2 Å². The minimum absolute atomic E-state index is 0.0785. The Bertz CT molecular complexity index is 463. The average Bonchev–Trinajstić information content (AvgIpc) is 2.94. The van der Waals surface area contributed by atoms with Gasteiger partial charge in [0.05, 0.1) is 11.1 Å². The monoisotopic (exact) mass is 236 g/mol. The lowest BCUT2D eigenvalue weighted by atomic mass is 10.2. The third kappa shape index (κ3) is 2.29. The van der Waals surface area contributed by atoms with Gasteiger partial charge in [-0.3, -0.25) is 9.89 Å². The maximum absolute atomic E-state index is 11.6. The second-order valence-electron chi connectivity index (χ2n) is 3.23. The van der Waals surface area contributed by atoms with Crippen molar-refractivity contribution < 1.29 is 4.79 Å². The van der Waals surface area contributed by atoms with Crippen LogP contribution >= 0.6 is 11.3 Å². The van der Waals surface area contributed by atoms with Crippen LogP contribution < -0.4 is 11.1 Å². The van der Waals surface area contributed by atoms with E-state index in [0.29, 0.717) is 18.0 Å². The molecule has 0 radical (unpaired) electrons. The molecule has 2 heterocycles. The zero-order valence-corrected chi connectivity index (χ0v) is 9.38. The number of H-pyrrole nitrogens is 1. The zero-order chi connectivity index (χ0) is 11.4. The predicted molar refractivity (Wildman–Crippen MR) is 63.3 cm³/mol. The molecule has 1 amide bonds. The molecule has 4 N–H and O–H groups in total. The van der Waals surface area contributed by atoms with E-state index in [2.05, 4.69) is 15.5 Å². The number of carbonyl (C=O) groups excluding carboxylic acids is 1. The van der Waals surface area contributed by atoms with E-state index in [-0.39, 0.29) is 5.91 Å². The quantitative estimate of drug-likeness (QED) is 0.735. The van der Waals surface area contributed by atoms with Crippen LogP contribution in [-0.4, -0.2) is 29.2 Å². The number of hydrogen-bond acceptors (Lipinski definition) is 4. The number of rotatable bonds is 4. The number of hydrogen-bond donors (Lipinski definition) is 3. The molecule has 0 fully saturated rings. The Morgan fingerprint density at radius 3 is 3.12 bits per heavy atom. The molecule has 0 saturated heterocycles. The minimum atomic E-state index is -0.0785. The van der Waals surface area contributed by atoms with E-state index < -0.39 is 0 Å². The number of amides is 1. The zero-order valence-electron chi connectivity index (χ0n) is 8.56. The van der Waals surface area contributed by atoms with Crippen LogP contribution in [0.3, 0.4) is 0 Å². The lowest BCUT2D eigenvalue weighted by Gasteiger charge is -1.99. The summed E-state index contributed by atoms with van der Waals surface area (Å²) in [6.45, 7) is 0.948. The minimum Gasteiger partial charge on any atom is -0.350 e. The number of aromatic nitrogens is 2. The molecular formula is C10H12N4OS. The SMILES string of the molecule is NCCNC(=O)c1cc(-c2cn[nH]c2)cs1. The molecule has 0 atom stereocenters. The van der Waals surface area contributed by atoms with Gasteiger partial charge in [0.2, 0.25) is 0 Å². The van der Waals surface area contributed by atoms with Gasteiger partial charge in [-0.15, -0.1) is 11.3 Å². The first-order valence-corrected chi connectivity index (χ1v) is 5.75. The average molecular weight is 236 g/mol. The van der Waals surface area contributed by atoms with Crippen LogP contribution in [0.15, 0.2) is 23.8 Å². The van der Waals surface area contributed by atoms with E-state index in [0.717, 1.165) is 11.1 Å². The van der Waals surface area contributed by atoms with Crippen molar-refractivity contribution in [2.75, 3.05) is 13.1 Å². The summed E-state index contributed by atoms with van der Waals surface area (Å²) in [7, 11) is 0. The van der Waals surface area contributed by atoms with Crippen molar-refractivity contribution in [3.05, 3.63) is 28.7 Å². The van der Waals surface area contributed by atoms with Gasteiger partial charge in [-0.2, -0.15) is 5.10 Å². The van der Waals surface area contributed by atoms with Gasteiger partial charge in [-0.25, -0.2) is 0 Å². The summed E-state index contributed by atoms with van der Waals surface area (Å²) in [5, 5.41) is 11.3. The fraction of sp³-hybridized carbons (Fsp3) is 0.200. The first-order valence-electron chi connectivity index (χ1n) is 4.87. The van der Waals surface area contributed by atoms with Crippen molar-refractivity contribution in [3.63, 3.8) is 0 Å². The van der Waals surface area contributed by atoms with E-state index >= 15 is 0 Å². The third-order valence-corrected chi connectivity index (χ3v) is 3.01. The van der Waals surface area contributed by atoms with Crippen LogP contribution in [0.2, 0.25) is 0 Å². The Kier molecular flexibility index (Phi) is 3.33. The molecule has 2 rings (SSSR count). The van der Waals surface area contributed by atoms with Gasteiger partial charge in [-0.05, 0) is 17.0 Å². The topological polar surface area (TPSA) is 83.8 Å². The molecule has 0 aliphatic carbocycles. The van der Waals surface area contributed by atoms with Crippen LogP contribution in [0.1, 0.15) is 9.67 Å². The normalized spacial score (nSPS) is 10.3. The van der Waals surface area contributed by atoms with Crippen LogP contribution in [-0.2, 0) is 0 Å². The molecule has 0 aliphatic rings. The Morgan fingerprint density at radius 2 is 2.44 bits per heavy atom. The Labute approximate surface area is 96.7 Å². The van der Waals surface area contributed by atoms with Crippen molar-refractivity contribution in [3.8, 4) is 11.1 Å². The van der Waals surface area contributed by atoms with Crippen molar-refractivity contribution in [2.45, 2.75) is 0 Å². The Hall–Kier alpha value is -1.66. The molecule has 0 aromatic carbocycles. The summed E-state index contributed by atoms with van der Waals surface area (Å²) < 4.78 is 0. The number of nitrogens with zero attached hydrogens (tertiary/aromatic N) is 1. The van der Waals surface area contributed by atoms with E-state index in [1.165, 1.54) is 11.3 Å². The Balaban J connectivity index is 2.11. The molecule has 0 aliphatic heterocycles. The molecule has 16 heavy (non-hydrogen) atoms. The van der Waals surface area contributed by atoms with E-state index in [4.69, 9.17) is 5.73 Å². The Morgan fingerprint density at radius 1 is 1.56 bits per heavy atom. The smallest absolute Gasteiger partial charge is 0.261 e. The van der Waals surface area contributed by atoms with E-state index in [9.17, 15) is 4.79 Å². The van der Waals surface area contributed by atoms with Crippen LogP contribution in [0.25, 0.3) is 11.1 Å². The van der Waals surface area contributed by atoms with E-state index in [1.54, 1.807) is 12.4 Å². The molecular weight excluding hydrogens is 224 g/mol. The van der Waals surface area contributed by atoms with Crippen LogP contribution in [0.4, 0.5) is 0 Å². The molecule has 5 nitrogen and oxygen atoms in total. The standard InChI is InChI=1S/C10H12N4OS/c11-1-2-12-10(15)9-3-7(6-16-9)8-4-13-14-5-8/h3-6H,1-2,11H2,(H,12,15)(H,13,14). The summed E-state index contributed by atoms with van der Waals surface area (Å²) in [5.41, 5.74) is 7.29. The highest BCUT2D eigenvalue weighted by Gasteiger charge is 2.09. The third-order valence-electron chi connectivity index (χ3n) is 2.08. The largest absolute Gasteiger partial charge is 0.350 e. The molecule has 2 aromatic heterocycles. The van der Waals surface area contributed by atoms with Gasteiger partial charge >= 0.3 is 0 Å². The first kappa shape index (κ1) is 10.8. The molecule has 0 saturated carbocycles. The molecule has 0 bridgehead atoms. The maximum Gasteiger partial charge on any atom is 0.261 e. The summed E-state index contributed by atoms with van der Waals surface area (Å²) in [6.07, 6.45) is 3.52. The van der Waals surface area contributed by atoms with E-state index in [1.807, 2.05) is 11.4 Å². The van der Waals surface area contributed by atoms with Gasteiger partial charge in [-0.1, -0.05) is 0 Å². The van der Waals surface area contributed by atoms with Gasteiger partial charge in [0.1, 0.15) is 0 Å². The van der Waals surface area contributed by atoms with Gasteiger partial charge in [0.15, 0.2) is 0 Å². The highest BCUT2D eigenvalue weighted by molar-refractivity contribution is 7.12. The number of thiophene rings is 1. The van der Waals surface area contributed by atoms with Crippen LogP contribution in [0, 0.1) is 0 Å². The fourth-order valence-electron chi connectivity index (χ4n) is 1.29. The molecule has 2 aromatic rings. The van der Waals surface area contributed by atoms with Crippen molar-refractivity contribution in [2.24, 2.45) is 5.73 Å². The second kappa shape index (κ2) is 4.91. The van der Waals surface area contributed by atoms with Gasteiger partial charge in [0.25, 0.3) is 5.91 Å². The summed E-state index contributed by atoms with van der Waals surface area (Å²) in [5.74, 6) is -0.0785. The van der Waals surface area contributed by atoms with Crippen molar-refractivity contribution in [1.82, 2.24) is 15.5 Å². The highest BCUT2D eigenvalue weighted by atomic mass is 32.1. The first-order chi connectivity index (χ1) is 7.81. The molecule has 0 spiro atoms. The summed E-state index contributed by atoms with van der Waals surface area (Å²) in [6, 6.07) is 1.85. The predicted octanol–water partition coefficient (Wildman–Crippen LogP) is 0.827. The molecule has 0 unspecified atom stereocenters. The lowest BCUT2D eigenvalue weighted by Crippen LogP contribution is -2.28. The summed E-state index contributed by atoms with van der Waals surface area (Å²) in [4.78, 5) is 12.3. The van der Waals surface area contributed by atoms with Crippen LogP contribution in [0.5, 0.6) is 0 Å². The van der Waals surface area contributed by atoms with Gasteiger partial charge in [0, 0.05) is 24.8 Å². The lowest BCUT2D eigenvalue weighted by molar-refractivity contribution is 0.0959. The number of nitrogens with two attached hydrogens (primary N) is 1. The number of nitrogens with one attached hydrogen (secondary N) is 2. The molecule has 84 valence electrons. The number of carbonyl (C=O) groups is 1. The van der Waals surface area contributed by atoms with Gasteiger partial charge < -0.3 is 11.1 Å². The van der Waals surface area contributed by atoms with Crippen molar-refractivity contribution in [1.29, 1.82) is 0 Å². The second-order valence-corrected chi connectivity index (χ2v) is 4.14. The number of aromatic amines is 1. The fourth-order valence-corrected chi connectivity index (χ4v) is 2.12. The molecule has 6 heteroatoms. The maximum atomic E-state index is 11.6. The summed E-state index contributed by atoms with van der Waals surface area (Å²) >= 11 is 1.41.